The quantitative estimate of drug-likeness (QED) is 0.732. The van der Waals surface area contributed by atoms with E-state index in [9.17, 15) is 14.4 Å². The number of nitrogens with zero attached hydrogens (tertiary/aromatic N) is 1. The zero-order chi connectivity index (χ0) is 19.7. The average molecular weight is 391 g/mol. The van der Waals surface area contributed by atoms with Crippen molar-refractivity contribution in [3.05, 3.63) is 0 Å². The predicted molar refractivity (Wildman–Crippen MR) is 104 cm³/mol. The molecule has 4 bridgehead atoms. The molecular formula is C22H34N2O4. The summed E-state index contributed by atoms with van der Waals surface area (Å²) in [6, 6.07) is 0. The standard InChI is InChI=1S/C22H34N2O4/c1-15(20(26)24-6-4-2-3-5-7-24)28-19(25)14-23-21(27)22-11-16-8-17(12-22)10-18(9-16)13-22/h15-18H,2-14H2,1H3,(H,23,27). The van der Waals surface area contributed by atoms with E-state index >= 15 is 0 Å². The van der Waals surface area contributed by atoms with Gasteiger partial charge in [0.15, 0.2) is 6.10 Å². The molecule has 156 valence electrons. The van der Waals surface area contributed by atoms with Crippen molar-refractivity contribution in [1.82, 2.24) is 10.2 Å². The Bertz CT molecular complexity index is 589. The van der Waals surface area contributed by atoms with E-state index in [1.54, 1.807) is 11.8 Å². The van der Waals surface area contributed by atoms with Crippen LogP contribution in [0, 0.1) is 23.2 Å². The first-order valence-corrected chi connectivity index (χ1v) is 11.2. The van der Waals surface area contributed by atoms with E-state index in [1.165, 1.54) is 19.3 Å². The van der Waals surface area contributed by atoms with Crippen LogP contribution in [0.25, 0.3) is 0 Å². The summed E-state index contributed by atoms with van der Waals surface area (Å²) in [4.78, 5) is 39.5. The Kier molecular flexibility index (Phi) is 5.66. The van der Waals surface area contributed by atoms with Gasteiger partial charge in [0.25, 0.3) is 5.91 Å². The van der Waals surface area contributed by atoms with Gasteiger partial charge in [-0.3, -0.25) is 14.4 Å². The van der Waals surface area contributed by atoms with Crippen LogP contribution in [0.2, 0.25) is 0 Å². The van der Waals surface area contributed by atoms with E-state index in [4.69, 9.17) is 4.74 Å². The van der Waals surface area contributed by atoms with Gasteiger partial charge in [0.2, 0.25) is 5.91 Å². The van der Waals surface area contributed by atoms with Gasteiger partial charge in [0, 0.05) is 18.5 Å². The SMILES string of the molecule is CC(OC(=O)CNC(=O)C12CC3CC(CC(C3)C1)C2)C(=O)N1CCCCCC1. The van der Waals surface area contributed by atoms with Gasteiger partial charge in [-0.1, -0.05) is 12.8 Å². The largest absolute Gasteiger partial charge is 0.451 e. The molecule has 1 N–H and O–H groups in total. The molecule has 5 fully saturated rings. The lowest BCUT2D eigenvalue weighted by Crippen LogP contribution is -2.54. The molecule has 1 unspecified atom stereocenters. The Morgan fingerprint density at radius 3 is 2.04 bits per heavy atom. The Balaban J connectivity index is 1.25. The number of rotatable bonds is 5. The molecule has 6 nitrogen and oxygen atoms in total. The number of esters is 1. The molecule has 0 aromatic rings. The van der Waals surface area contributed by atoms with Crippen molar-refractivity contribution < 1.29 is 19.1 Å². The molecule has 5 aliphatic rings. The summed E-state index contributed by atoms with van der Waals surface area (Å²) in [5.74, 6) is 1.45. The third-order valence-electron chi connectivity index (χ3n) is 7.49. The summed E-state index contributed by atoms with van der Waals surface area (Å²) < 4.78 is 5.33. The molecular weight excluding hydrogens is 356 g/mol. The van der Waals surface area contributed by atoms with Crippen molar-refractivity contribution in [3.8, 4) is 0 Å². The van der Waals surface area contributed by atoms with E-state index in [2.05, 4.69) is 5.32 Å². The van der Waals surface area contributed by atoms with Gasteiger partial charge in [-0.05, 0) is 76.0 Å². The zero-order valence-corrected chi connectivity index (χ0v) is 17.1. The molecule has 4 saturated carbocycles. The van der Waals surface area contributed by atoms with Crippen LogP contribution in [-0.4, -0.2) is 48.4 Å². The maximum absolute atomic E-state index is 12.9. The van der Waals surface area contributed by atoms with Gasteiger partial charge in [-0.15, -0.1) is 0 Å². The molecule has 0 aromatic heterocycles. The smallest absolute Gasteiger partial charge is 0.326 e. The molecule has 1 saturated heterocycles. The number of carbonyl (C=O) groups is 3. The highest BCUT2D eigenvalue weighted by Gasteiger charge is 2.54. The third kappa shape index (κ3) is 4.06. The molecule has 2 amide bonds. The van der Waals surface area contributed by atoms with Crippen LogP contribution < -0.4 is 5.32 Å². The number of likely N-dealkylation sites (tertiary alicyclic amines) is 1. The maximum Gasteiger partial charge on any atom is 0.326 e. The van der Waals surface area contributed by atoms with Crippen molar-refractivity contribution in [1.29, 1.82) is 0 Å². The van der Waals surface area contributed by atoms with Crippen molar-refractivity contribution in [2.24, 2.45) is 23.2 Å². The third-order valence-corrected chi connectivity index (χ3v) is 7.49. The van der Waals surface area contributed by atoms with Crippen LogP contribution in [0.4, 0.5) is 0 Å². The fourth-order valence-corrected chi connectivity index (χ4v) is 6.57. The second kappa shape index (κ2) is 8.03. The van der Waals surface area contributed by atoms with Crippen LogP contribution in [0.5, 0.6) is 0 Å². The van der Waals surface area contributed by atoms with E-state index < -0.39 is 12.1 Å². The predicted octanol–water partition coefficient (Wildman–Crippen LogP) is 2.65. The lowest BCUT2D eigenvalue weighted by molar-refractivity contribution is -0.160. The average Bonchev–Trinajstić information content (AvgIpc) is 2.93. The van der Waals surface area contributed by atoms with Crippen molar-refractivity contribution in [2.75, 3.05) is 19.6 Å². The Hall–Kier alpha value is -1.59. The number of hydrogen-bond donors (Lipinski definition) is 1. The second-order valence-corrected chi connectivity index (χ2v) is 9.75. The fraction of sp³-hybridized carbons (Fsp3) is 0.864. The number of ether oxygens (including phenoxy) is 1. The first kappa shape index (κ1) is 19.7. The zero-order valence-electron chi connectivity index (χ0n) is 17.1. The van der Waals surface area contributed by atoms with E-state index in [0.29, 0.717) is 17.8 Å². The molecule has 1 atom stereocenters. The van der Waals surface area contributed by atoms with Crippen molar-refractivity contribution >= 4 is 17.8 Å². The van der Waals surface area contributed by atoms with Gasteiger partial charge in [-0.2, -0.15) is 0 Å². The van der Waals surface area contributed by atoms with Gasteiger partial charge in [0.05, 0.1) is 0 Å². The monoisotopic (exact) mass is 390 g/mol. The van der Waals surface area contributed by atoms with E-state index in [1.807, 2.05) is 0 Å². The topological polar surface area (TPSA) is 75.7 Å². The Labute approximate surface area is 167 Å². The highest BCUT2D eigenvalue weighted by atomic mass is 16.5. The number of carbonyl (C=O) groups excluding carboxylic acids is 3. The van der Waals surface area contributed by atoms with E-state index in [0.717, 1.165) is 58.0 Å². The molecule has 1 aliphatic heterocycles. The molecule has 6 heteroatoms. The lowest BCUT2D eigenvalue weighted by Gasteiger charge is -2.55. The second-order valence-electron chi connectivity index (χ2n) is 9.75. The van der Waals surface area contributed by atoms with Gasteiger partial charge >= 0.3 is 5.97 Å². The number of hydrogen-bond acceptors (Lipinski definition) is 4. The molecule has 0 aromatic carbocycles. The van der Waals surface area contributed by atoms with Crippen LogP contribution >= 0.6 is 0 Å². The first-order valence-electron chi connectivity index (χ1n) is 11.2. The summed E-state index contributed by atoms with van der Waals surface area (Å²) in [6.45, 7) is 2.97. The van der Waals surface area contributed by atoms with Gasteiger partial charge in [0.1, 0.15) is 6.54 Å². The van der Waals surface area contributed by atoms with Gasteiger partial charge < -0.3 is 15.0 Å². The van der Waals surface area contributed by atoms with Crippen LogP contribution in [0.1, 0.15) is 71.1 Å². The molecule has 28 heavy (non-hydrogen) atoms. The maximum atomic E-state index is 12.9. The normalized spacial score (nSPS) is 35.2. The minimum absolute atomic E-state index is 0.0232. The summed E-state index contributed by atoms with van der Waals surface area (Å²) in [6.07, 6.45) is 10.3. The fourth-order valence-electron chi connectivity index (χ4n) is 6.57. The van der Waals surface area contributed by atoms with Gasteiger partial charge in [-0.25, -0.2) is 0 Å². The summed E-state index contributed by atoms with van der Waals surface area (Å²) in [7, 11) is 0. The van der Waals surface area contributed by atoms with E-state index in [-0.39, 0.29) is 23.8 Å². The summed E-state index contributed by atoms with van der Waals surface area (Å²) in [5, 5.41) is 2.83. The highest BCUT2D eigenvalue weighted by molar-refractivity contribution is 5.88. The molecule has 5 rings (SSSR count). The molecule has 4 aliphatic carbocycles. The molecule has 1 heterocycles. The van der Waals surface area contributed by atoms with Crippen molar-refractivity contribution in [2.45, 2.75) is 77.2 Å². The number of nitrogens with one attached hydrogen (secondary N) is 1. The minimum atomic E-state index is -0.790. The first-order chi connectivity index (χ1) is 13.4. The molecule has 0 spiro atoms. The van der Waals surface area contributed by atoms with Crippen LogP contribution in [-0.2, 0) is 19.1 Å². The Morgan fingerprint density at radius 1 is 0.964 bits per heavy atom. The van der Waals surface area contributed by atoms with Crippen LogP contribution in [0.15, 0.2) is 0 Å². The van der Waals surface area contributed by atoms with Crippen molar-refractivity contribution in [3.63, 3.8) is 0 Å². The molecule has 0 radical (unpaired) electrons. The van der Waals surface area contributed by atoms with Crippen LogP contribution in [0.3, 0.4) is 0 Å². The summed E-state index contributed by atoms with van der Waals surface area (Å²) >= 11 is 0. The number of amides is 2. The highest BCUT2D eigenvalue weighted by Crippen LogP contribution is 2.60. The lowest BCUT2D eigenvalue weighted by atomic mass is 9.49. The summed E-state index contributed by atoms with van der Waals surface area (Å²) in [5.41, 5.74) is -0.261. The Morgan fingerprint density at radius 2 is 1.50 bits per heavy atom. The minimum Gasteiger partial charge on any atom is -0.451 e.